The van der Waals surface area contributed by atoms with Gasteiger partial charge in [-0.2, -0.15) is 0 Å². The summed E-state index contributed by atoms with van der Waals surface area (Å²) >= 11 is 0. The Morgan fingerprint density at radius 3 is 2.67 bits per heavy atom. The first-order chi connectivity index (χ1) is 10.2. The number of hydrogen-bond donors (Lipinski definition) is 1. The summed E-state index contributed by atoms with van der Waals surface area (Å²) in [7, 11) is 1.78. The summed E-state index contributed by atoms with van der Waals surface area (Å²) in [5.74, 6) is 0.859. The van der Waals surface area contributed by atoms with Crippen LogP contribution >= 0.6 is 0 Å². The molecule has 1 aromatic heterocycles. The second-order valence-corrected chi connectivity index (χ2v) is 5.88. The smallest absolute Gasteiger partial charge is 0.119 e. The fourth-order valence-corrected chi connectivity index (χ4v) is 3.00. The van der Waals surface area contributed by atoms with E-state index in [1.165, 1.54) is 19.3 Å². The zero-order chi connectivity index (χ0) is 14.7. The van der Waals surface area contributed by atoms with E-state index in [0.29, 0.717) is 0 Å². The predicted octanol–water partition coefficient (Wildman–Crippen LogP) is 3.74. The normalized spacial score (nSPS) is 17.4. The number of hydrogen-bond acceptors (Lipinski definition) is 3. The number of ether oxygens (including phenoxy) is 1. The molecule has 1 saturated carbocycles. The Morgan fingerprint density at radius 2 is 2.05 bits per heavy atom. The number of pyridine rings is 1. The van der Waals surface area contributed by atoms with E-state index in [1.807, 2.05) is 30.5 Å². The van der Waals surface area contributed by atoms with Gasteiger partial charge in [-0.3, -0.25) is 4.98 Å². The van der Waals surface area contributed by atoms with E-state index < -0.39 is 5.60 Å². The standard InChI is InChI=1S/C18H22N2O/c1-21-18(10-9-14-7-8-14,16-5-3-11-20-13-16)15-4-2-6-17(19)12-15/h2-6,11-14H,7-10,19H2,1H3. The number of nitrogens with two attached hydrogens (primary N) is 1. The van der Waals surface area contributed by atoms with Crippen molar-refractivity contribution < 1.29 is 4.74 Å². The van der Waals surface area contributed by atoms with Gasteiger partial charge in [0.1, 0.15) is 5.60 Å². The molecule has 3 heteroatoms. The first kappa shape index (κ1) is 14.1. The van der Waals surface area contributed by atoms with Gasteiger partial charge in [-0.05, 0) is 42.5 Å². The number of benzene rings is 1. The van der Waals surface area contributed by atoms with Gasteiger partial charge in [0.25, 0.3) is 0 Å². The molecule has 2 aromatic rings. The molecule has 0 radical (unpaired) electrons. The van der Waals surface area contributed by atoms with Gasteiger partial charge in [-0.1, -0.05) is 31.0 Å². The number of nitrogen functional groups attached to an aromatic ring is 1. The van der Waals surface area contributed by atoms with Crippen LogP contribution in [0.25, 0.3) is 0 Å². The number of anilines is 1. The molecule has 1 atom stereocenters. The lowest BCUT2D eigenvalue weighted by molar-refractivity contribution is 0.0113. The van der Waals surface area contributed by atoms with Crippen LogP contribution in [0, 0.1) is 5.92 Å². The van der Waals surface area contributed by atoms with Gasteiger partial charge < -0.3 is 10.5 Å². The summed E-state index contributed by atoms with van der Waals surface area (Å²) in [4.78, 5) is 4.28. The van der Waals surface area contributed by atoms with Crippen LogP contribution < -0.4 is 5.73 Å². The fraction of sp³-hybridized carbons (Fsp3) is 0.389. The largest absolute Gasteiger partial charge is 0.399 e. The summed E-state index contributed by atoms with van der Waals surface area (Å²) in [5, 5.41) is 0. The highest BCUT2D eigenvalue weighted by Crippen LogP contribution is 2.43. The summed E-state index contributed by atoms with van der Waals surface area (Å²) in [6.45, 7) is 0. The second kappa shape index (κ2) is 5.86. The molecule has 3 rings (SSSR count). The monoisotopic (exact) mass is 282 g/mol. The first-order valence-corrected chi connectivity index (χ1v) is 7.56. The molecular formula is C18H22N2O. The first-order valence-electron chi connectivity index (χ1n) is 7.56. The maximum atomic E-state index is 6.05. The molecule has 1 heterocycles. The van der Waals surface area contributed by atoms with Crippen LogP contribution in [0.5, 0.6) is 0 Å². The SMILES string of the molecule is COC(CCC1CC1)(c1cccnc1)c1cccc(N)c1. The molecule has 2 N–H and O–H groups in total. The lowest BCUT2D eigenvalue weighted by atomic mass is 9.82. The van der Waals surface area contributed by atoms with Crippen LogP contribution in [0.15, 0.2) is 48.8 Å². The molecule has 1 aliphatic carbocycles. The Kier molecular flexibility index (Phi) is 3.93. The van der Waals surface area contributed by atoms with Gasteiger partial charge in [0.15, 0.2) is 0 Å². The van der Waals surface area contributed by atoms with Crippen LogP contribution in [0.4, 0.5) is 5.69 Å². The van der Waals surface area contributed by atoms with Gasteiger partial charge in [-0.15, -0.1) is 0 Å². The molecule has 1 fully saturated rings. The average Bonchev–Trinajstić information content (AvgIpc) is 3.34. The van der Waals surface area contributed by atoms with E-state index in [4.69, 9.17) is 10.5 Å². The zero-order valence-electron chi connectivity index (χ0n) is 12.5. The molecule has 0 bridgehead atoms. The molecule has 1 unspecified atom stereocenters. The van der Waals surface area contributed by atoms with Gasteiger partial charge in [0.2, 0.25) is 0 Å². The van der Waals surface area contributed by atoms with E-state index in [9.17, 15) is 0 Å². The van der Waals surface area contributed by atoms with Crippen molar-refractivity contribution in [1.82, 2.24) is 4.98 Å². The zero-order valence-corrected chi connectivity index (χ0v) is 12.5. The number of rotatable bonds is 6. The molecule has 0 spiro atoms. The molecule has 0 aliphatic heterocycles. The quantitative estimate of drug-likeness (QED) is 0.821. The van der Waals surface area contributed by atoms with Crippen molar-refractivity contribution >= 4 is 5.69 Å². The lowest BCUT2D eigenvalue weighted by Gasteiger charge is -2.34. The van der Waals surface area contributed by atoms with Gasteiger partial charge in [-0.25, -0.2) is 0 Å². The lowest BCUT2D eigenvalue weighted by Crippen LogP contribution is -2.30. The molecular weight excluding hydrogens is 260 g/mol. The number of methoxy groups -OCH3 is 1. The maximum absolute atomic E-state index is 6.05. The fourth-order valence-electron chi connectivity index (χ4n) is 3.00. The van der Waals surface area contributed by atoms with Crippen molar-refractivity contribution in [1.29, 1.82) is 0 Å². The molecule has 3 nitrogen and oxygen atoms in total. The van der Waals surface area contributed by atoms with Crippen molar-refractivity contribution in [2.24, 2.45) is 5.92 Å². The van der Waals surface area contributed by atoms with Crippen LogP contribution in [0.1, 0.15) is 36.8 Å². The van der Waals surface area contributed by atoms with Crippen molar-refractivity contribution in [3.8, 4) is 0 Å². The summed E-state index contributed by atoms with van der Waals surface area (Å²) in [6, 6.07) is 12.1. The van der Waals surface area contributed by atoms with E-state index in [1.54, 1.807) is 13.3 Å². The van der Waals surface area contributed by atoms with E-state index >= 15 is 0 Å². The third kappa shape index (κ3) is 2.93. The Labute approximate surface area is 126 Å². The Hall–Kier alpha value is -1.87. The number of aromatic nitrogens is 1. The van der Waals surface area contributed by atoms with Crippen molar-refractivity contribution in [2.75, 3.05) is 12.8 Å². The molecule has 110 valence electrons. The van der Waals surface area contributed by atoms with Crippen LogP contribution in [-0.4, -0.2) is 12.1 Å². The van der Waals surface area contributed by atoms with Gasteiger partial charge >= 0.3 is 0 Å². The van der Waals surface area contributed by atoms with E-state index in [0.717, 1.165) is 29.2 Å². The predicted molar refractivity (Wildman–Crippen MR) is 84.8 cm³/mol. The van der Waals surface area contributed by atoms with E-state index in [-0.39, 0.29) is 0 Å². The highest BCUT2D eigenvalue weighted by Gasteiger charge is 2.36. The summed E-state index contributed by atoms with van der Waals surface area (Å²) in [6.07, 6.45) is 8.54. The van der Waals surface area contributed by atoms with Crippen molar-refractivity contribution in [3.05, 3.63) is 59.9 Å². The highest BCUT2D eigenvalue weighted by atomic mass is 16.5. The summed E-state index contributed by atoms with van der Waals surface area (Å²) in [5.41, 5.74) is 8.51. The van der Waals surface area contributed by atoms with Crippen LogP contribution in [0.3, 0.4) is 0 Å². The minimum Gasteiger partial charge on any atom is -0.399 e. The molecule has 1 aromatic carbocycles. The molecule has 0 amide bonds. The Balaban J connectivity index is 2.03. The van der Waals surface area contributed by atoms with Crippen molar-refractivity contribution in [2.45, 2.75) is 31.3 Å². The topological polar surface area (TPSA) is 48.1 Å². The summed E-state index contributed by atoms with van der Waals surface area (Å²) < 4.78 is 6.05. The average molecular weight is 282 g/mol. The van der Waals surface area contributed by atoms with Gasteiger partial charge in [0, 0.05) is 30.8 Å². The molecule has 0 saturated heterocycles. The maximum Gasteiger partial charge on any atom is 0.119 e. The Morgan fingerprint density at radius 1 is 1.24 bits per heavy atom. The van der Waals surface area contributed by atoms with Crippen LogP contribution in [-0.2, 0) is 10.3 Å². The minimum absolute atomic E-state index is 0.452. The van der Waals surface area contributed by atoms with Gasteiger partial charge in [0.05, 0.1) is 0 Å². The van der Waals surface area contributed by atoms with E-state index in [2.05, 4.69) is 17.1 Å². The molecule has 1 aliphatic rings. The third-order valence-electron chi connectivity index (χ3n) is 4.43. The Bertz CT molecular complexity index is 595. The molecule has 21 heavy (non-hydrogen) atoms. The minimum atomic E-state index is -0.452. The van der Waals surface area contributed by atoms with Crippen molar-refractivity contribution in [3.63, 3.8) is 0 Å². The van der Waals surface area contributed by atoms with Crippen LogP contribution in [0.2, 0.25) is 0 Å². The number of nitrogens with zero attached hydrogens (tertiary/aromatic N) is 1. The second-order valence-electron chi connectivity index (χ2n) is 5.88. The third-order valence-corrected chi connectivity index (χ3v) is 4.43. The highest BCUT2D eigenvalue weighted by molar-refractivity contribution is 5.46.